The molecule has 0 fully saturated rings. The summed E-state index contributed by atoms with van der Waals surface area (Å²) >= 11 is 0. The topological polar surface area (TPSA) is 49.9 Å². The molecule has 0 spiro atoms. The molecular formula is C13H17N3O. The Balaban J connectivity index is 2.14. The van der Waals surface area contributed by atoms with E-state index in [9.17, 15) is 0 Å². The van der Waals surface area contributed by atoms with Gasteiger partial charge in [0.25, 0.3) is 0 Å². The molecule has 0 saturated carbocycles. The monoisotopic (exact) mass is 231 g/mol. The summed E-state index contributed by atoms with van der Waals surface area (Å²) in [5, 5.41) is 3.28. The molecule has 17 heavy (non-hydrogen) atoms. The van der Waals surface area contributed by atoms with Gasteiger partial charge in [-0.25, -0.2) is 4.98 Å². The van der Waals surface area contributed by atoms with Gasteiger partial charge >= 0.3 is 0 Å². The van der Waals surface area contributed by atoms with Crippen LogP contribution >= 0.6 is 0 Å². The van der Waals surface area contributed by atoms with Gasteiger partial charge in [0.2, 0.25) is 5.95 Å². The van der Waals surface area contributed by atoms with Crippen LogP contribution in [0.3, 0.4) is 0 Å². The fraction of sp³-hybridized carbons (Fsp3) is 0.308. The number of aromatic nitrogens is 2. The number of nitrogens with one attached hydrogen (secondary N) is 2. The van der Waals surface area contributed by atoms with E-state index in [2.05, 4.69) is 21.4 Å². The number of hydrogen-bond acceptors (Lipinski definition) is 3. The summed E-state index contributed by atoms with van der Waals surface area (Å²) in [6.45, 7) is 2.70. The summed E-state index contributed by atoms with van der Waals surface area (Å²) in [5.41, 5.74) is 3.34. The number of hydrogen-bond donors (Lipinski definition) is 2. The molecule has 0 unspecified atom stereocenters. The van der Waals surface area contributed by atoms with Gasteiger partial charge < -0.3 is 15.0 Å². The van der Waals surface area contributed by atoms with Crippen molar-refractivity contribution in [3.63, 3.8) is 0 Å². The molecule has 0 atom stereocenters. The fourth-order valence-electron chi connectivity index (χ4n) is 1.68. The molecule has 4 heteroatoms. The highest BCUT2D eigenvalue weighted by atomic mass is 16.5. The minimum absolute atomic E-state index is 0.718. The minimum atomic E-state index is 0.718. The molecule has 0 saturated heterocycles. The Kier molecular flexibility index (Phi) is 3.77. The third kappa shape index (κ3) is 3.07. The molecule has 0 radical (unpaired) electrons. The first-order valence-corrected chi connectivity index (χ1v) is 5.65. The lowest BCUT2D eigenvalue weighted by atomic mass is 10.1. The van der Waals surface area contributed by atoms with Gasteiger partial charge in [0.15, 0.2) is 0 Å². The van der Waals surface area contributed by atoms with Crippen molar-refractivity contribution in [3.05, 3.63) is 41.7 Å². The first kappa shape index (κ1) is 11.7. The van der Waals surface area contributed by atoms with Crippen LogP contribution in [-0.4, -0.2) is 23.7 Å². The number of H-pyrrole nitrogens is 1. The van der Waals surface area contributed by atoms with Crippen molar-refractivity contribution in [2.45, 2.75) is 13.3 Å². The Bertz CT molecular complexity index is 479. The maximum absolute atomic E-state index is 5.10. The Hall–Kier alpha value is -1.81. The number of aromatic amines is 1. The predicted molar refractivity (Wildman–Crippen MR) is 68.6 cm³/mol. The van der Waals surface area contributed by atoms with Crippen LogP contribution in [0.2, 0.25) is 0 Å². The summed E-state index contributed by atoms with van der Waals surface area (Å²) in [5.74, 6) is 0.771. The summed E-state index contributed by atoms with van der Waals surface area (Å²) in [4.78, 5) is 7.39. The SMILES string of the molecule is COCCc1ccccc1Nc1ncc(C)[nH]1. The van der Waals surface area contributed by atoms with E-state index in [1.165, 1.54) is 5.56 Å². The molecule has 4 nitrogen and oxygen atoms in total. The molecule has 0 aliphatic carbocycles. The van der Waals surface area contributed by atoms with Gasteiger partial charge in [0, 0.05) is 24.7 Å². The van der Waals surface area contributed by atoms with Crippen molar-refractivity contribution < 1.29 is 4.74 Å². The van der Waals surface area contributed by atoms with Gasteiger partial charge in [0.05, 0.1) is 6.61 Å². The number of aryl methyl sites for hydroxylation is 1. The zero-order chi connectivity index (χ0) is 12.1. The van der Waals surface area contributed by atoms with E-state index < -0.39 is 0 Å². The van der Waals surface area contributed by atoms with Crippen LogP contribution in [0.5, 0.6) is 0 Å². The van der Waals surface area contributed by atoms with Gasteiger partial charge in [-0.1, -0.05) is 18.2 Å². The van der Waals surface area contributed by atoms with E-state index in [1.807, 2.05) is 25.1 Å². The highest BCUT2D eigenvalue weighted by Gasteiger charge is 2.03. The Morgan fingerprint density at radius 2 is 2.18 bits per heavy atom. The Labute approximate surface area is 101 Å². The van der Waals surface area contributed by atoms with E-state index in [-0.39, 0.29) is 0 Å². The molecule has 0 aliphatic heterocycles. The van der Waals surface area contributed by atoms with Crippen molar-refractivity contribution >= 4 is 11.6 Å². The second-order valence-electron chi connectivity index (χ2n) is 3.94. The fourth-order valence-corrected chi connectivity index (χ4v) is 1.68. The molecule has 1 aromatic carbocycles. The maximum Gasteiger partial charge on any atom is 0.204 e. The first-order chi connectivity index (χ1) is 8.29. The third-order valence-electron chi connectivity index (χ3n) is 2.55. The zero-order valence-corrected chi connectivity index (χ0v) is 10.2. The minimum Gasteiger partial charge on any atom is -0.384 e. The second-order valence-corrected chi connectivity index (χ2v) is 3.94. The molecule has 2 aromatic rings. The number of anilines is 2. The first-order valence-electron chi connectivity index (χ1n) is 5.65. The highest BCUT2D eigenvalue weighted by molar-refractivity contribution is 5.58. The van der Waals surface area contributed by atoms with Crippen LogP contribution in [-0.2, 0) is 11.2 Å². The number of rotatable bonds is 5. The smallest absolute Gasteiger partial charge is 0.204 e. The van der Waals surface area contributed by atoms with Crippen LogP contribution in [0.4, 0.5) is 11.6 Å². The average Bonchev–Trinajstić information content (AvgIpc) is 2.74. The van der Waals surface area contributed by atoms with E-state index in [4.69, 9.17) is 4.74 Å². The van der Waals surface area contributed by atoms with Gasteiger partial charge in [-0.3, -0.25) is 0 Å². The number of ether oxygens (including phenoxy) is 1. The normalized spacial score (nSPS) is 10.5. The third-order valence-corrected chi connectivity index (χ3v) is 2.55. The van der Waals surface area contributed by atoms with Gasteiger partial charge in [0.1, 0.15) is 0 Å². The van der Waals surface area contributed by atoms with E-state index >= 15 is 0 Å². The number of imidazole rings is 1. The predicted octanol–water partition coefficient (Wildman–Crippen LogP) is 2.65. The molecule has 0 bridgehead atoms. The van der Waals surface area contributed by atoms with Crippen LogP contribution in [0, 0.1) is 6.92 Å². The summed E-state index contributed by atoms with van der Waals surface area (Å²) in [7, 11) is 1.71. The van der Waals surface area contributed by atoms with Gasteiger partial charge in [-0.15, -0.1) is 0 Å². The largest absolute Gasteiger partial charge is 0.384 e. The lowest BCUT2D eigenvalue weighted by Gasteiger charge is -2.09. The van der Waals surface area contributed by atoms with Crippen molar-refractivity contribution in [1.82, 2.24) is 9.97 Å². The number of nitrogens with zero attached hydrogens (tertiary/aromatic N) is 1. The molecular weight excluding hydrogens is 214 g/mol. The number of benzene rings is 1. The van der Waals surface area contributed by atoms with Crippen LogP contribution < -0.4 is 5.32 Å². The quantitative estimate of drug-likeness (QED) is 0.831. The Morgan fingerprint density at radius 3 is 2.88 bits per heavy atom. The van der Waals surface area contributed by atoms with Gasteiger partial charge in [-0.05, 0) is 25.0 Å². The summed E-state index contributed by atoms with van der Waals surface area (Å²) in [6.07, 6.45) is 2.69. The molecule has 2 rings (SSSR count). The second kappa shape index (κ2) is 5.50. The molecule has 1 heterocycles. The highest BCUT2D eigenvalue weighted by Crippen LogP contribution is 2.19. The standard InChI is InChI=1S/C13H17N3O/c1-10-9-14-13(15-10)16-12-6-4-3-5-11(12)7-8-17-2/h3-6,9H,7-8H2,1-2H3,(H2,14,15,16). The summed E-state index contributed by atoms with van der Waals surface area (Å²) < 4.78 is 5.10. The zero-order valence-electron chi connectivity index (χ0n) is 10.2. The molecule has 90 valence electrons. The van der Waals surface area contributed by atoms with Crippen LogP contribution in [0.1, 0.15) is 11.3 Å². The van der Waals surface area contributed by atoms with Crippen molar-refractivity contribution in [1.29, 1.82) is 0 Å². The number of para-hydroxylation sites is 1. The van der Waals surface area contributed by atoms with Crippen LogP contribution in [0.15, 0.2) is 30.5 Å². The van der Waals surface area contributed by atoms with E-state index in [0.717, 1.165) is 30.4 Å². The van der Waals surface area contributed by atoms with E-state index in [1.54, 1.807) is 13.3 Å². The lowest BCUT2D eigenvalue weighted by molar-refractivity contribution is 0.202. The van der Waals surface area contributed by atoms with Gasteiger partial charge in [-0.2, -0.15) is 0 Å². The van der Waals surface area contributed by atoms with E-state index in [0.29, 0.717) is 0 Å². The number of methoxy groups -OCH3 is 1. The summed E-state index contributed by atoms with van der Waals surface area (Å²) in [6, 6.07) is 8.18. The molecule has 0 amide bonds. The molecule has 0 aliphatic rings. The maximum atomic E-state index is 5.10. The molecule has 1 aromatic heterocycles. The van der Waals surface area contributed by atoms with Crippen LogP contribution in [0.25, 0.3) is 0 Å². The average molecular weight is 231 g/mol. The Morgan fingerprint density at radius 1 is 1.35 bits per heavy atom. The van der Waals surface area contributed by atoms with Crippen molar-refractivity contribution in [2.24, 2.45) is 0 Å². The lowest BCUT2D eigenvalue weighted by Crippen LogP contribution is -2.00. The molecule has 2 N–H and O–H groups in total. The van der Waals surface area contributed by atoms with Crippen molar-refractivity contribution in [3.8, 4) is 0 Å². The van der Waals surface area contributed by atoms with Crippen molar-refractivity contribution in [2.75, 3.05) is 19.0 Å².